The van der Waals surface area contributed by atoms with Crippen LogP contribution in [-0.4, -0.2) is 27.5 Å². The van der Waals surface area contributed by atoms with Crippen LogP contribution in [0.2, 0.25) is 0 Å². The van der Waals surface area contributed by atoms with Crippen molar-refractivity contribution in [3.05, 3.63) is 40.7 Å². The van der Waals surface area contributed by atoms with E-state index in [2.05, 4.69) is 9.71 Å². The van der Waals surface area contributed by atoms with Crippen molar-refractivity contribution in [1.82, 2.24) is 9.71 Å². The molecule has 0 aliphatic rings. The van der Waals surface area contributed by atoms with Crippen molar-refractivity contribution in [3.63, 3.8) is 0 Å². The van der Waals surface area contributed by atoms with Crippen LogP contribution in [0.3, 0.4) is 0 Å². The Balaban J connectivity index is 2.16. The summed E-state index contributed by atoms with van der Waals surface area (Å²) in [5, 5.41) is 3.35. The van der Waals surface area contributed by atoms with Gasteiger partial charge >= 0.3 is 0 Å². The second-order valence-electron chi connectivity index (χ2n) is 4.16. The summed E-state index contributed by atoms with van der Waals surface area (Å²) in [5.74, 6) is 0.760. The zero-order chi connectivity index (χ0) is 13.9. The summed E-state index contributed by atoms with van der Waals surface area (Å²) in [5.41, 5.74) is 0.839. The molecule has 2 aromatic rings. The molecular weight excluding hydrogens is 282 g/mol. The van der Waals surface area contributed by atoms with Gasteiger partial charge in [0, 0.05) is 37.8 Å². The number of sulfonamides is 1. The minimum absolute atomic E-state index is 0.222. The second-order valence-corrected chi connectivity index (χ2v) is 6.71. The number of aromatic nitrogens is 1. The van der Waals surface area contributed by atoms with Crippen molar-refractivity contribution in [1.29, 1.82) is 0 Å². The van der Waals surface area contributed by atoms with E-state index in [1.807, 2.05) is 25.1 Å². The number of anilines is 1. The highest BCUT2D eigenvalue weighted by atomic mass is 32.2. The molecule has 0 aliphatic carbocycles. The molecule has 0 aromatic carbocycles. The number of nitrogens with zero attached hydrogens (tertiary/aromatic N) is 2. The van der Waals surface area contributed by atoms with Crippen molar-refractivity contribution < 1.29 is 8.42 Å². The zero-order valence-electron chi connectivity index (χ0n) is 10.7. The minimum Gasteiger partial charge on any atom is -0.362 e. The monoisotopic (exact) mass is 297 g/mol. The lowest BCUT2D eigenvalue weighted by molar-refractivity contribution is 0.581. The maximum atomic E-state index is 12.0. The summed E-state index contributed by atoms with van der Waals surface area (Å²) in [7, 11) is 0.305. The van der Waals surface area contributed by atoms with Gasteiger partial charge in [0.2, 0.25) is 10.0 Å². The van der Waals surface area contributed by atoms with Gasteiger partial charge in [-0.05, 0) is 17.5 Å². The fourth-order valence-electron chi connectivity index (χ4n) is 1.63. The van der Waals surface area contributed by atoms with E-state index in [4.69, 9.17) is 0 Å². The van der Waals surface area contributed by atoms with Crippen LogP contribution in [0.5, 0.6) is 0 Å². The van der Waals surface area contributed by atoms with Crippen molar-refractivity contribution in [2.75, 3.05) is 19.0 Å². The molecule has 0 fully saturated rings. The number of hydrogen-bond donors (Lipinski definition) is 1. The molecule has 0 amide bonds. The van der Waals surface area contributed by atoms with E-state index >= 15 is 0 Å². The van der Waals surface area contributed by atoms with Gasteiger partial charge in [-0.2, -0.15) is 11.3 Å². The Bertz CT molecular complexity index is 637. The molecule has 0 atom stereocenters. The summed E-state index contributed by atoms with van der Waals surface area (Å²) >= 11 is 1.36. The van der Waals surface area contributed by atoms with Crippen LogP contribution in [0, 0.1) is 0 Å². The first-order valence-corrected chi connectivity index (χ1v) is 8.06. The molecule has 0 aliphatic heterocycles. The van der Waals surface area contributed by atoms with Gasteiger partial charge in [-0.25, -0.2) is 18.1 Å². The lowest BCUT2D eigenvalue weighted by Gasteiger charge is -2.16. The van der Waals surface area contributed by atoms with Crippen LogP contribution < -0.4 is 9.62 Å². The third kappa shape index (κ3) is 3.31. The largest absolute Gasteiger partial charge is 0.362 e. The Morgan fingerprint density at radius 2 is 2.16 bits per heavy atom. The zero-order valence-corrected chi connectivity index (χ0v) is 12.3. The average molecular weight is 297 g/mol. The lowest BCUT2D eigenvalue weighted by Crippen LogP contribution is -2.24. The predicted molar refractivity (Wildman–Crippen MR) is 76.9 cm³/mol. The molecular formula is C12H15N3O2S2. The van der Waals surface area contributed by atoms with Gasteiger partial charge < -0.3 is 4.90 Å². The summed E-state index contributed by atoms with van der Waals surface area (Å²) in [6.07, 6.45) is 1.69. The first kappa shape index (κ1) is 14.0. The van der Waals surface area contributed by atoms with E-state index in [-0.39, 0.29) is 6.54 Å². The molecule has 7 heteroatoms. The van der Waals surface area contributed by atoms with Crippen LogP contribution in [-0.2, 0) is 16.6 Å². The molecule has 0 saturated carbocycles. The van der Waals surface area contributed by atoms with Gasteiger partial charge in [-0.15, -0.1) is 0 Å². The van der Waals surface area contributed by atoms with Crippen LogP contribution in [0.1, 0.15) is 5.56 Å². The summed E-state index contributed by atoms with van der Waals surface area (Å²) in [6.45, 7) is 0.222. The van der Waals surface area contributed by atoms with Crippen molar-refractivity contribution in [2.45, 2.75) is 11.4 Å². The van der Waals surface area contributed by atoms with Crippen molar-refractivity contribution >= 4 is 27.2 Å². The third-order valence-electron chi connectivity index (χ3n) is 2.55. The molecule has 2 aromatic heterocycles. The summed E-state index contributed by atoms with van der Waals surface area (Å²) in [4.78, 5) is 6.39. The Morgan fingerprint density at radius 1 is 1.37 bits per heavy atom. The molecule has 102 valence electrons. The van der Waals surface area contributed by atoms with E-state index < -0.39 is 10.0 Å². The molecule has 0 spiro atoms. The number of thiophene rings is 1. The van der Waals surface area contributed by atoms with Crippen LogP contribution >= 0.6 is 11.3 Å². The van der Waals surface area contributed by atoms with Gasteiger partial charge in [-0.3, -0.25) is 0 Å². The average Bonchev–Trinajstić information content (AvgIpc) is 2.91. The van der Waals surface area contributed by atoms with Crippen molar-refractivity contribution in [3.8, 4) is 0 Å². The second kappa shape index (κ2) is 5.68. The van der Waals surface area contributed by atoms with Crippen LogP contribution in [0.15, 0.2) is 40.1 Å². The molecule has 1 N–H and O–H groups in total. The minimum atomic E-state index is -3.44. The molecule has 2 rings (SSSR count). The Labute approximate surface area is 117 Å². The number of pyridine rings is 1. The number of rotatable bonds is 5. The van der Waals surface area contributed by atoms with E-state index in [1.54, 1.807) is 29.1 Å². The van der Waals surface area contributed by atoms with Gasteiger partial charge in [0.05, 0.1) is 4.90 Å². The maximum absolute atomic E-state index is 12.0. The van der Waals surface area contributed by atoms with Crippen LogP contribution in [0.4, 0.5) is 5.82 Å². The summed E-state index contributed by atoms with van der Waals surface area (Å²) in [6, 6.07) is 5.24. The molecule has 19 heavy (non-hydrogen) atoms. The Kier molecular flexibility index (Phi) is 4.18. The first-order valence-electron chi connectivity index (χ1n) is 5.64. The molecule has 0 unspecified atom stereocenters. The number of hydrogen-bond acceptors (Lipinski definition) is 5. The molecule has 0 saturated heterocycles. The lowest BCUT2D eigenvalue weighted by atomic mass is 10.2. The standard InChI is InChI=1S/C12H15N3O2S2/c1-15(2)12-10(4-3-6-13-12)8-14-19(16,17)11-5-7-18-9-11/h3-7,9,14H,8H2,1-2H3. The normalized spacial score (nSPS) is 11.5. The van der Waals surface area contributed by atoms with Crippen molar-refractivity contribution in [2.24, 2.45) is 0 Å². The predicted octanol–water partition coefficient (Wildman–Crippen LogP) is 1.69. The molecule has 5 nitrogen and oxygen atoms in total. The molecule has 0 bridgehead atoms. The Morgan fingerprint density at radius 3 is 2.79 bits per heavy atom. The smallest absolute Gasteiger partial charge is 0.241 e. The van der Waals surface area contributed by atoms with Gasteiger partial charge in [0.1, 0.15) is 5.82 Å². The van der Waals surface area contributed by atoms with E-state index in [1.165, 1.54) is 11.3 Å². The van der Waals surface area contributed by atoms with E-state index in [0.717, 1.165) is 11.4 Å². The quantitative estimate of drug-likeness (QED) is 0.912. The van der Waals surface area contributed by atoms with Gasteiger partial charge in [0.25, 0.3) is 0 Å². The topological polar surface area (TPSA) is 62.3 Å². The molecule has 2 heterocycles. The number of nitrogens with one attached hydrogen (secondary N) is 1. The molecule has 0 radical (unpaired) electrons. The first-order chi connectivity index (χ1) is 9.00. The van der Waals surface area contributed by atoms with Gasteiger partial charge in [0.15, 0.2) is 0 Å². The Hall–Kier alpha value is -1.44. The van der Waals surface area contributed by atoms with Crippen LogP contribution in [0.25, 0.3) is 0 Å². The summed E-state index contributed by atoms with van der Waals surface area (Å²) < 4.78 is 26.6. The maximum Gasteiger partial charge on any atom is 0.241 e. The highest BCUT2D eigenvalue weighted by Crippen LogP contribution is 2.16. The SMILES string of the molecule is CN(C)c1ncccc1CNS(=O)(=O)c1ccsc1. The third-order valence-corrected chi connectivity index (χ3v) is 4.78. The fourth-order valence-corrected chi connectivity index (χ4v) is 3.67. The van der Waals surface area contributed by atoms with E-state index in [9.17, 15) is 8.42 Å². The van der Waals surface area contributed by atoms with E-state index in [0.29, 0.717) is 4.90 Å². The highest BCUT2D eigenvalue weighted by Gasteiger charge is 2.15. The van der Waals surface area contributed by atoms with Gasteiger partial charge in [-0.1, -0.05) is 6.07 Å². The fraction of sp³-hybridized carbons (Fsp3) is 0.250. The highest BCUT2D eigenvalue weighted by molar-refractivity contribution is 7.89.